The van der Waals surface area contributed by atoms with Crippen molar-refractivity contribution in [3.05, 3.63) is 24.8 Å². The maximum Gasteiger partial charge on any atom is -0.0348 e. The fraction of sp³-hybridized carbons (Fsp3) is 0.600. The van der Waals surface area contributed by atoms with Crippen molar-refractivity contribution in [1.29, 1.82) is 0 Å². The van der Waals surface area contributed by atoms with Gasteiger partial charge in [-0.2, -0.15) is 0 Å². The van der Waals surface area contributed by atoms with Gasteiger partial charge in [-0.1, -0.05) is 51.0 Å². The summed E-state index contributed by atoms with van der Waals surface area (Å²) in [5.74, 6) is 0. The lowest BCUT2D eigenvalue weighted by atomic mass is 10.1. The Balaban J connectivity index is 0. The average Bonchev–Trinajstić information content (AvgIpc) is 1.97. The summed E-state index contributed by atoms with van der Waals surface area (Å²) in [4.78, 5) is 0. The molecule has 11 heavy (non-hydrogen) atoms. The highest BCUT2D eigenvalue weighted by molar-refractivity contribution is 4.96. The van der Waals surface area contributed by atoms with Gasteiger partial charge in [0.2, 0.25) is 0 Å². The maximum absolute atomic E-state index is 3.61. The van der Waals surface area contributed by atoms with Gasteiger partial charge in [-0.15, -0.1) is 0 Å². The van der Waals surface area contributed by atoms with Crippen molar-refractivity contribution in [2.24, 2.45) is 0 Å². The Bertz CT molecular complexity index is 95.0. The van der Waals surface area contributed by atoms with Crippen molar-refractivity contribution in [2.45, 2.75) is 39.0 Å². The lowest BCUT2D eigenvalue weighted by Gasteiger charge is -1.92. The van der Waals surface area contributed by atoms with Crippen LogP contribution in [-0.4, -0.2) is 5.48 Å². The molecule has 0 saturated carbocycles. The van der Waals surface area contributed by atoms with E-state index in [9.17, 15) is 0 Å². The van der Waals surface area contributed by atoms with Gasteiger partial charge in [-0.05, 0) is 12.8 Å². The number of hydrogen-bond donors (Lipinski definition) is 0. The van der Waals surface area contributed by atoms with Crippen molar-refractivity contribution in [3.8, 4) is 0 Å². The Hall–Kier alpha value is -0.560. The van der Waals surface area contributed by atoms with Gasteiger partial charge < -0.3 is 5.48 Å². The number of allylic oxidation sites excluding steroid dienone is 3. The molecule has 0 spiro atoms. The smallest absolute Gasteiger partial charge is 0.0348 e. The molecule has 1 nitrogen and oxygen atoms in total. The molecule has 0 rings (SSSR count). The summed E-state index contributed by atoms with van der Waals surface area (Å²) in [7, 11) is 0. The van der Waals surface area contributed by atoms with Gasteiger partial charge in [-0.25, -0.2) is 0 Å². The van der Waals surface area contributed by atoms with Gasteiger partial charge in [0.05, 0.1) is 0 Å². The van der Waals surface area contributed by atoms with E-state index in [0.29, 0.717) is 0 Å². The normalized spacial score (nSPS) is 9.55. The Kier molecular flexibility index (Phi) is 14.4. The van der Waals surface area contributed by atoms with E-state index in [1.807, 2.05) is 12.2 Å². The van der Waals surface area contributed by atoms with Crippen LogP contribution in [0.25, 0.3) is 0 Å². The Labute approximate surface area is 70.1 Å². The first-order chi connectivity index (χ1) is 4.91. The van der Waals surface area contributed by atoms with E-state index in [0.717, 1.165) is 0 Å². The summed E-state index contributed by atoms with van der Waals surface area (Å²) in [6.45, 7) is 5.84. The molecule has 0 aliphatic carbocycles. The van der Waals surface area contributed by atoms with Crippen molar-refractivity contribution >= 4 is 0 Å². The maximum atomic E-state index is 3.61. The van der Waals surface area contributed by atoms with Crippen LogP contribution in [0.15, 0.2) is 24.8 Å². The highest BCUT2D eigenvalue weighted by atomic mass is 16.0. The molecule has 0 aromatic heterocycles. The molecule has 66 valence electrons. The second kappa shape index (κ2) is 12.1. The molecule has 0 bridgehead atoms. The summed E-state index contributed by atoms with van der Waals surface area (Å²) < 4.78 is 0. The van der Waals surface area contributed by atoms with Gasteiger partial charge in [0.15, 0.2) is 0 Å². The van der Waals surface area contributed by atoms with Crippen LogP contribution in [0.5, 0.6) is 0 Å². The van der Waals surface area contributed by atoms with Crippen LogP contribution in [0, 0.1) is 0 Å². The highest BCUT2D eigenvalue weighted by Crippen LogP contribution is 2.02. The third-order valence-electron chi connectivity index (χ3n) is 1.50. The van der Waals surface area contributed by atoms with E-state index < -0.39 is 0 Å². The van der Waals surface area contributed by atoms with Crippen LogP contribution in [0.2, 0.25) is 0 Å². The first kappa shape index (κ1) is 13.1. The Morgan fingerprint density at radius 3 is 2.45 bits per heavy atom. The predicted octanol–water partition coefficient (Wildman–Crippen LogP) is 2.87. The van der Waals surface area contributed by atoms with Gasteiger partial charge in [-0.3, -0.25) is 0 Å². The summed E-state index contributed by atoms with van der Waals surface area (Å²) >= 11 is 0. The second-order valence-corrected chi connectivity index (χ2v) is 2.51. The SMILES string of the molecule is C=CC=CCCCCCC.O. The Morgan fingerprint density at radius 2 is 1.91 bits per heavy atom. The van der Waals surface area contributed by atoms with Crippen molar-refractivity contribution in [1.82, 2.24) is 0 Å². The fourth-order valence-electron chi connectivity index (χ4n) is 0.881. The molecule has 0 amide bonds. The van der Waals surface area contributed by atoms with E-state index in [-0.39, 0.29) is 5.48 Å². The van der Waals surface area contributed by atoms with Crippen molar-refractivity contribution < 1.29 is 5.48 Å². The van der Waals surface area contributed by atoms with Crippen LogP contribution in [0.1, 0.15) is 39.0 Å². The van der Waals surface area contributed by atoms with Crippen LogP contribution >= 0.6 is 0 Å². The molecule has 0 fully saturated rings. The zero-order chi connectivity index (χ0) is 7.66. The minimum atomic E-state index is 0. The molecule has 2 N–H and O–H groups in total. The Morgan fingerprint density at radius 1 is 1.18 bits per heavy atom. The number of unbranched alkanes of at least 4 members (excludes halogenated alkanes) is 4. The van der Waals surface area contributed by atoms with Crippen LogP contribution in [0.4, 0.5) is 0 Å². The first-order valence-electron chi connectivity index (χ1n) is 4.19. The van der Waals surface area contributed by atoms with Gasteiger partial charge >= 0.3 is 0 Å². The number of hydrogen-bond acceptors (Lipinski definition) is 0. The van der Waals surface area contributed by atoms with Crippen molar-refractivity contribution in [2.75, 3.05) is 0 Å². The molecule has 0 aromatic carbocycles. The molecular weight excluding hydrogens is 136 g/mol. The first-order valence-corrected chi connectivity index (χ1v) is 4.19. The third kappa shape index (κ3) is 12.6. The van der Waals surface area contributed by atoms with Gasteiger partial charge in [0, 0.05) is 0 Å². The molecule has 0 saturated heterocycles. The van der Waals surface area contributed by atoms with E-state index >= 15 is 0 Å². The van der Waals surface area contributed by atoms with E-state index in [1.54, 1.807) is 0 Å². The monoisotopic (exact) mass is 156 g/mol. The molecule has 0 unspecified atom stereocenters. The van der Waals surface area contributed by atoms with Gasteiger partial charge in [0.1, 0.15) is 0 Å². The topological polar surface area (TPSA) is 31.5 Å². The molecule has 0 aromatic rings. The van der Waals surface area contributed by atoms with E-state index in [4.69, 9.17) is 0 Å². The van der Waals surface area contributed by atoms with Crippen LogP contribution < -0.4 is 0 Å². The van der Waals surface area contributed by atoms with Gasteiger partial charge in [0.25, 0.3) is 0 Å². The highest BCUT2D eigenvalue weighted by Gasteiger charge is 1.82. The molecule has 0 aliphatic heterocycles. The summed E-state index contributed by atoms with van der Waals surface area (Å²) in [5, 5.41) is 0. The standard InChI is InChI=1S/C10H18.H2O/c1-3-5-7-9-10-8-6-4-2;/h3,5,7H,1,4,6,8-10H2,2H3;1H2. The predicted molar refractivity (Wildman–Crippen MR) is 51.7 cm³/mol. The number of rotatable bonds is 6. The van der Waals surface area contributed by atoms with E-state index in [1.165, 1.54) is 32.1 Å². The molecule has 0 heterocycles. The molecule has 1 heteroatoms. The minimum Gasteiger partial charge on any atom is -0.412 e. The largest absolute Gasteiger partial charge is 0.412 e. The molecule has 0 atom stereocenters. The third-order valence-corrected chi connectivity index (χ3v) is 1.50. The minimum absolute atomic E-state index is 0. The average molecular weight is 156 g/mol. The zero-order valence-electron chi connectivity index (χ0n) is 7.47. The quantitative estimate of drug-likeness (QED) is 0.418. The van der Waals surface area contributed by atoms with Crippen LogP contribution in [-0.2, 0) is 0 Å². The summed E-state index contributed by atoms with van der Waals surface area (Å²) in [6, 6.07) is 0. The van der Waals surface area contributed by atoms with Crippen LogP contribution in [0.3, 0.4) is 0 Å². The molecule has 0 radical (unpaired) electrons. The lowest BCUT2D eigenvalue weighted by molar-refractivity contribution is 0.674. The van der Waals surface area contributed by atoms with E-state index in [2.05, 4.69) is 19.6 Å². The van der Waals surface area contributed by atoms with Crippen molar-refractivity contribution in [3.63, 3.8) is 0 Å². The lowest BCUT2D eigenvalue weighted by Crippen LogP contribution is -1.72. The molecular formula is C10H20O. The molecule has 0 aliphatic rings. The second-order valence-electron chi connectivity index (χ2n) is 2.51. The summed E-state index contributed by atoms with van der Waals surface area (Å²) in [6.07, 6.45) is 12.7. The zero-order valence-corrected chi connectivity index (χ0v) is 7.47. The fourth-order valence-corrected chi connectivity index (χ4v) is 0.881. The summed E-state index contributed by atoms with van der Waals surface area (Å²) in [5.41, 5.74) is 0.